The first-order valence-corrected chi connectivity index (χ1v) is 6.67. The normalized spacial score (nSPS) is 17.6. The number of nitrogens with zero attached hydrogens (tertiary/aromatic N) is 2. The number of rotatable bonds is 5. The molecular formula is C13H23N3O. The van der Waals surface area contributed by atoms with Crippen LogP contribution in [0.3, 0.4) is 0 Å². The van der Waals surface area contributed by atoms with Gasteiger partial charge in [0, 0.05) is 19.6 Å². The maximum Gasteiger partial charge on any atom is 0.297 e. The van der Waals surface area contributed by atoms with Gasteiger partial charge in [0.05, 0.1) is 5.69 Å². The van der Waals surface area contributed by atoms with Crippen LogP contribution < -0.4 is 10.2 Å². The molecule has 0 bridgehead atoms. The number of anilines is 1. The summed E-state index contributed by atoms with van der Waals surface area (Å²) in [6, 6.07) is 0.796. The summed E-state index contributed by atoms with van der Waals surface area (Å²) >= 11 is 0. The Balaban J connectivity index is 1.86. The van der Waals surface area contributed by atoms with Crippen molar-refractivity contribution in [3.8, 4) is 0 Å². The highest BCUT2D eigenvalue weighted by atomic mass is 16.4. The third-order valence-corrected chi connectivity index (χ3v) is 3.48. The largest absolute Gasteiger partial charge is 0.432 e. The molecule has 0 unspecified atom stereocenters. The van der Waals surface area contributed by atoms with Gasteiger partial charge < -0.3 is 14.6 Å². The monoisotopic (exact) mass is 237 g/mol. The lowest BCUT2D eigenvalue weighted by molar-refractivity contribution is 0.365. The van der Waals surface area contributed by atoms with Gasteiger partial charge in [-0.05, 0) is 25.8 Å². The molecule has 0 spiro atoms. The van der Waals surface area contributed by atoms with E-state index in [-0.39, 0.29) is 0 Å². The molecule has 0 aromatic carbocycles. The van der Waals surface area contributed by atoms with Gasteiger partial charge in [-0.3, -0.25) is 0 Å². The first kappa shape index (κ1) is 12.4. The summed E-state index contributed by atoms with van der Waals surface area (Å²) in [7, 11) is 1.92. The van der Waals surface area contributed by atoms with Crippen molar-refractivity contribution >= 4 is 6.01 Å². The topological polar surface area (TPSA) is 41.3 Å². The van der Waals surface area contributed by atoms with E-state index < -0.39 is 0 Å². The fourth-order valence-electron chi connectivity index (χ4n) is 2.53. The number of piperidine rings is 1. The summed E-state index contributed by atoms with van der Waals surface area (Å²) < 4.78 is 5.53. The van der Waals surface area contributed by atoms with Crippen molar-refractivity contribution < 1.29 is 4.42 Å². The van der Waals surface area contributed by atoms with Gasteiger partial charge in [0.1, 0.15) is 6.26 Å². The Bertz CT molecular complexity index is 329. The first-order chi connectivity index (χ1) is 8.33. The Morgan fingerprint density at radius 3 is 2.88 bits per heavy atom. The van der Waals surface area contributed by atoms with Gasteiger partial charge in [-0.15, -0.1) is 0 Å². The molecule has 4 heteroatoms. The van der Waals surface area contributed by atoms with Crippen molar-refractivity contribution in [1.29, 1.82) is 0 Å². The van der Waals surface area contributed by atoms with Crippen LogP contribution in [0.4, 0.5) is 6.01 Å². The molecule has 1 fully saturated rings. The smallest absolute Gasteiger partial charge is 0.297 e. The molecule has 1 aliphatic rings. The molecule has 1 saturated heterocycles. The van der Waals surface area contributed by atoms with Crippen molar-refractivity contribution in [2.24, 2.45) is 5.92 Å². The van der Waals surface area contributed by atoms with E-state index in [1.807, 2.05) is 7.05 Å². The fraction of sp³-hybridized carbons (Fsp3) is 0.769. The Morgan fingerprint density at radius 2 is 2.24 bits per heavy atom. The zero-order valence-corrected chi connectivity index (χ0v) is 10.9. The van der Waals surface area contributed by atoms with Gasteiger partial charge in [0.2, 0.25) is 0 Å². The van der Waals surface area contributed by atoms with Crippen molar-refractivity contribution in [3.05, 3.63) is 12.0 Å². The summed E-state index contributed by atoms with van der Waals surface area (Å²) in [5.74, 6) is 0.906. The lowest BCUT2D eigenvalue weighted by atomic mass is 9.93. The number of oxazole rings is 1. The second-order valence-electron chi connectivity index (χ2n) is 4.87. The molecule has 4 nitrogen and oxygen atoms in total. The van der Waals surface area contributed by atoms with E-state index in [4.69, 9.17) is 4.42 Å². The highest BCUT2D eigenvalue weighted by Gasteiger charge is 2.21. The Hall–Kier alpha value is -1.03. The average Bonchev–Trinajstić information content (AvgIpc) is 2.80. The lowest BCUT2D eigenvalue weighted by Gasteiger charge is -2.30. The number of aromatic nitrogens is 1. The Morgan fingerprint density at radius 1 is 1.47 bits per heavy atom. The predicted molar refractivity (Wildman–Crippen MR) is 69.1 cm³/mol. The number of nitrogens with one attached hydrogen (secondary N) is 1. The quantitative estimate of drug-likeness (QED) is 0.854. The van der Waals surface area contributed by atoms with Crippen LogP contribution in [-0.2, 0) is 6.54 Å². The summed E-state index contributed by atoms with van der Waals surface area (Å²) in [4.78, 5) is 6.76. The van der Waals surface area contributed by atoms with E-state index in [0.29, 0.717) is 0 Å². The van der Waals surface area contributed by atoms with Crippen LogP contribution in [0.1, 0.15) is 38.3 Å². The van der Waals surface area contributed by atoms with E-state index in [1.165, 1.54) is 25.7 Å². The van der Waals surface area contributed by atoms with Gasteiger partial charge in [0.25, 0.3) is 6.01 Å². The second kappa shape index (κ2) is 6.05. The second-order valence-corrected chi connectivity index (χ2v) is 4.87. The summed E-state index contributed by atoms with van der Waals surface area (Å²) in [5, 5.41) is 3.08. The van der Waals surface area contributed by atoms with E-state index in [0.717, 1.165) is 37.3 Å². The Kier molecular flexibility index (Phi) is 4.42. The summed E-state index contributed by atoms with van der Waals surface area (Å²) in [6.07, 6.45) is 6.97. The molecule has 96 valence electrons. The molecule has 0 radical (unpaired) electrons. The molecule has 1 N–H and O–H groups in total. The average molecular weight is 237 g/mol. The van der Waals surface area contributed by atoms with E-state index in [9.17, 15) is 0 Å². The van der Waals surface area contributed by atoms with Crippen LogP contribution >= 0.6 is 0 Å². The molecule has 1 aromatic rings. The molecule has 0 aliphatic carbocycles. The molecule has 0 atom stereocenters. The van der Waals surface area contributed by atoms with Crippen LogP contribution in [0.5, 0.6) is 0 Å². The van der Waals surface area contributed by atoms with Gasteiger partial charge in [-0.1, -0.05) is 19.8 Å². The van der Waals surface area contributed by atoms with Gasteiger partial charge in [0.15, 0.2) is 0 Å². The van der Waals surface area contributed by atoms with Gasteiger partial charge in [-0.25, -0.2) is 0 Å². The first-order valence-electron chi connectivity index (χ1n) is 6.67. The van der Waals surface area contributed by atoms with Crippen LogP contribution in [0, 0.1) is 5.92 Å². The molecule has 1 aliphatic heterocycles. The van der Waals surface area contributed by atoms with E-state index >= 15 is 0 Å². The highest BCUT2D eigenvalue weighted by Crippen LogP contribution is 2.25. The number of hydrogen-bond acceptors (Lipinski definition) is 4. The van der Waals surface area contributed by atoms with Crippen LogP contribution in [0.2, 0.25) is 0 Å². The molecule has 0 amide bonds. The van der Waals surface area contributed by atoms with Crippen LogP contribution in [0.15, 0.2) is 10.7 Å². The van der Waals surface area contributed by atoms with Gasteiger partial charge in [-0.2, -0.15) is 4.98 Å². The molecule has 17 heavy (non-hydrogen) atoms. The fourth-order valence-corrected chi connectivity index (χ4v) is 2.53. The maximum absolute atomic E-state index is 5.53. The minimum Gasteiger partial charge on any atom is -0.432 e. The van der Waals surface area contributed by atoms with Crippen LogP contribution in [0.25, 0.3) is 0 Å². The third kappa shape index (κ3) is 3.22. The van der Waals surface area contributed by atoms with Gasteiger partial charge >= 0.3 is 0 Å². The number of hydrogen-bond donors (Lipinski definition) is 1. The predicted octanol–water partition coefficient (Wildman–Crippen LogP) is 2.41. The maximum atomic E-state index is 5.53. The minimum atomic E-state index is 0.774. The highest BCUT2D eigenvalue weighted by molar-refractivity contribution is 5.27. The van der Waals surface area contributed by atoms with E-state index in [2.05, 4.69) is 22.1 Å². The van der Waals surface area contributed by atoms with Crippen molar-refractivity contribution in [2.75, 3.05) is 25.0 Å². The zero-order valence-electron chi connectivity index (χ0n) is 10.9. The summed E-state index contributed by atoms with van der Waals surface area (Å²) in [5.41, 5.74) is 0.984. The van der Waals surface area contributed by atoms with Crippen molar-refractivity contribution in [2.45, 2.75) is 39.2 Å². The van der Waals surface area contributed by atoms with E-state index in [1.54, 1.807) is 6.26 Å². The molecular weight excluding hydrogens is 214 g/mol. The standard InChI is InChI=1S/C13H23N3O/c1-3-4-11-5-7-16(8-6-11)13-15-12(9-14-2)10-17-13/h10-11,14H,3-9H2,1-2H3. The molecule has 2 heterocycles. The minimum absolute atomic E-state index is 0.774. The molecule has 1 aromatic heterocycles. The van der Waals surface area contributed by atoms with Crippen molar-refractivity contribution in [3.63, 3.8) is 0 Å². The molecule has 0 saturated carbocycles. The van der Waals surface area contributed by atoms with Crippen LogP contribution in [-0.4, -0.2) is 25.1 Å². The molecule has 2 rings (SSSR count). The third-order valence-electron chi connectivity index (χ3n) is 3.48. The lowest BCUT2D eigenvalue weighted by Crippen LogP contribution is -2.33. The zero-order chi connectivity index (χ0) is 12.1. The SMILES string of the molecule is CCCC1CCN(c2nc(CNC)co2)CC1. The Labute approximate surface area is 103 Å². The van der Waals surface area contributed by atoms with Crippen molar-refractivity contribution in [1.82, 2.24) is 10.3 Å². The summed E-state index contributed by atoms with van der Waals surface area (Å²) in [6.45, 7) is 5.22.